The Balaban J connectivity index is 2.24. The molecule has 20 heavy (non-hydrogen) atoms. The molecule has 1 heterocycles. The molecule has 0 saturated heterocycles. The van der Waals surface area contributed by atoms with Gasteiger partial charge in [0.1, 0.15) is 17.2 Å². The Bertz CT molecular complexity index is 452. The Morgan fingerprint density at radius 1 is 1.45 bits per heavy atom. The molecule has 3 nitrogen and oxygen atoms in total. The standard InChI is InChI=1S/C16H24FNO2/c1-4-8-18-14-10-16(3,11-19-5-2)20-15-9-12(17)6-7-13(14)15/h6-7,9,14,18H,4-5,8,10-11H2,1-3H3. The number of ether oxygens (including phenoxy) is 2. The maximum Gasteiger partial charge on any atom is 0.131 e. The van der Waals surface area contributed by atoms with Crippen molar-refractivity contribution in [1.29, 1.82) is 0 Å². The molecule has 0 spiro atoms. The zero-order valence-electron chi connectivity index (χ0n) is 12.5. The third-order valence-electron chi connectivity index (χ3n) is 3.60. The maximum atomic E-state index is 13.4. The molecular weight excluding hydrogens is 257 g/mol. The minimum absolute atomic E-state index is 0.185. The molecule has 1 aromatic carbocycles. The Hall–Kier alpha value is -1.13. The highest BCUT2D eigenvalue weighted by Gasteiger charge is 2.37. The minimum atomic E-state index is -0.414. The monoisotopic (exact) mass is 281 g/mol. The molecule has 0 aliphatic carbocycles. The topological polar surface area (TPSA) is 30.5 Å². The molecule has 0 radical (unpaired) electrons. The lowest BCUT2D eigenvalue weighted by Gasteiger charge is -2.40. The summed E-state index contributed by atoms with van der Waals surface area (Å²) < 4.78 is 25.0. The van der Waals surface area contributed by atoms with E-state index in [9.17, 15) is 4.39 Å². The second-order valence-corrected chi connectivity index (χ2v) is 5.58. The highest BCUT2D eigenvalue weighted by Crippen LogP contribution is 2.40. The molecule has 0 aromatic heterocycles. The Morgan fingerprint density at radius 3 is 2.95 bits per heavy atom. The van der Waals surface area contributed by atoms with Crippen molar-refractivity contribution in [2.75, 3.05) is 19.8 Å². The van der Waals surface area contributed by atoms with E-state index in [1.807, 2.05) is 19.9 Å². The lowest BCUT2D eigenvalue weighted by atomic mass is 9.88. The first kappa shape index (κ1) is 15.3. The first-order valence-electron chi connectivity index (χ1n) is 7.37. The first-order chi connectivity index (χ1) is 9.58. The average molecular weight is 281 g/mol. The normalized spacial score (nSPS) is 25.1. The van der Waals surface area contributed by atoms with E-state index >= 15 is 0 Å². The van der Waals surface area contributed by atoms with Crippen molar-refractivity contribution in [1.82, 2.24) is 5.32 Å². The van der Waals surface area contributed by atoms with Crippen LogP contribution in [0.3, 0.4) is 0 Å². The molecule has 1 aromatic rings. The van der Waals surface area contributed by atoms with Crippen molar-refractivity contribution < 1.29 is 13.9 Å². The van der Waals surface area contributed by atoms with Crippen molar-refractivity contribution in [3.8, 4) is 5.75 Å². The van der Waals surface area contributed by atoms with Gasteiger partial charge in [-0.05, 0) is 32.9 Å². The number of hydrogen-bond donors (Lipinski definition) is 1. The van der Waals surface area contributed by atoms with E-state index in [2.05, 4.69) is 12.2 Å². The number of rotatable bonds is 6. The molecule has 0 saturated carbocycles. The van der Waals surface area contributed by atoms with Gasteiger partial charge in [-0.15, -0.1) is 0 Å². The van der Waals surface area contributed by atoms with Crippen LogP contribution in [0.5, 0.6) is 5.75 Å². The molecule has 1 aliphatic heterocycles. The molecule has 1 aliphatic rings. The molecular formula is C16H24FNO2. The highest BCUT2D eigenvalue weighted by molar-refractivity contribution is 5.39. The van der Waals surface area contributed by atoms with Gasteiger partial charge in [-0.1, -0.05) is 13.0 Å². The predicted molar refractivity (Wildman–Crippen MR) is 77.6 cm³/mol. The van der Waals surface area contributed by atoms with E-state index < -0.39 is 5.60 Å². The van der Waals surface area contributed by atoms with Crippen molar-refractivity contribution in [2.24, 2.45) is 0 Å². The summed E-state index contributed by atoms with van der Waals surface area (Å²) in [5.41, 5.74) is 0.621. The summed E-state index contributed by atoms with van der Waals surface area (Å²) in [5.74, 6) is 0.366. The van der Waals surface area contributed by atoms with Gasteiger partial charge in [-0.2, -0.15) is 0 Å². The maximum absolute atomic E-state index is 13.4. The highest BCUT2D eigenvalue weighted by atomic mass is 19.1. The summed E-state index contributed by atoms with van der Waals surface area (Å²) in [4.78, 5) is 0. The number of benzene rings is 1. The van der Waals surface area contributed by atoms with E-state index in [-0.39, 0.29) is 11.9 Å². The third kappa shape index (κ3) is 3.49. The van der Waals surface area contributed by atoms with Crippen LogP contribution in [0.1, 0.15) is 45.2 Å². The van der Waals surface area contributed by atoms with Gasteiger partial charge in [-0.25, -0.2) is 4.39 Å². The van der Waals surface area contributed by atoms with Crippen LogP contribution in [0.25, 0.3) is 0 Å². The summed E-state index contributed by atoms with van der Waals surface area (Å²) in [6, 6.07) is 4.97. The summed E-state index contributed by atoms with van der Waals surface area (Å²) in [5, 5.41) is 3.52. The molecule has 1 N–H and O–H groups in total. The molecule has 0 bridgehead atoms. The smallest absolute Gasteiger partial charge is 0.131 e. The molecule has 2 atom stereocenters. The molecule has 4 heteroatoms. The fourth-order valence-electron chi connectivity index (χ4n) is 2.64. The molecule has 2 rings (SSSR count). The molecule has 112 valence electrons. The van der Waals surface area contributed by atoms with E-state index in [1.165, 1.54) is 12.1 Å². The van der Waals surface area contributed by atoms with Gasteiger partial charge in [0.25, 0.3) is 0 Å². The van der Waals surface area contributed by atoms with E-state index in [1.54, 1.807) is 0 Å². The van der Waals surface area contributed by atoms with Crippen LogP contribution in [0.2, 0.25) is 0 Å². The zero-order chi connectivity index (χ0) is 14.6. The van der Waals surface area contributed by atoms with Crippen molar-refractivity contribution in [3.05, 3.63) is 29.6 Å². The van der Waals surface area contributed by atoms with Gasteiger partial charge in [0.05, 0.1) is 6.61 Å². The summed E-state index contributed by atoms with van der Waals surface area (Å²) in [7, 11) is 0. The number of nitrogens with one attached hydrogen (secondary N) is 1. The van der Waals surface area contributed by atoms with Crippen molar-refractivity contribution >= 4 is 0 Å². The van der Waals surface area contributed by atoms with Crippen molar-refractivity contribution in [2.45, 2.75) is 45.3 Å². The first-order valence-corrected chi connectivity index (χ1v) is 7.37. The van der Waals surface area contributed by atoms with Crippen LogP contribution in [0.4, 0.5) is 4.39 Å². The fourth-order valence-corrected chi connectivity index (χ4v) is 2.64. The number of fused-ring (bicyclic) bond motifs is 1. The fraction of sp³-hybridized carbons (Fsp3) is 0.625. The van der Waals surface area contributed by atoms with E-state index in [4.69, 9.17) is 9.47 Å². The molecule has 2 unspecified atom stereocenters. The van der Waals surface area contributed by atoms with Gasteiger partial charge >= 0.3 is 0 Å². The van der Waals surface area contributed by atoms with Crippen LogP contribution in [0.15, 0.2) is 18.2 Å². The van der Waals surface area contributed by atoms with Crippen LogP contribution in [0, 0.1) is 5.82 Å². The summed E-state index contributed by atoms with van der Waals surface area (Å²) >= 11 is 0. The summed E-state index contributed by atoms with van der Waals surface area (Å²) in [6.07, 6.45) is 1.89. The molecule has 0 amide bonds. The van der Waals surface area contributed by atoms with Gasteiger partial charge in [0.2, 0.25) is 0 Å². The molecule has 0 fully saturated rings. The van der Waals surface area contributed by atoms with Crippen LogP contribution >= 0.6 is 0 Å². The van der Waals surface area contributed by atoms with Gasteiger partial charge in [-0.3, -0.25) is 0 Å². The number of hydrogen-bond acceptors (Lipinski definition) is 3. The Kier molecular flexibility index (Phi) is 5.00. The van der Waals surface area contributed by atoms with Gasteiger partial charge < -0.3 is 14.8 Å². The van der Waals surface area contributed by atoms with Crippen LogP contribution in [-0.4, -0.2) is 25.4 Å². The zero-order valence-corrected chi connectivity index (χ0v) is 12.5. The minimum Gasteiger partial charge on any atom is -0.485 e. The van der Waals surface area contributed by atoms with E-state index in [0.29, 0.717) is 19.0 Å². The average Bonchev–Trinajstić information content (AvgIpc) is 2.42. The number of halogens is 1. The van der Waals surface area contributed by atoms with Crippen molar-refractivity contribution in [3.63, 3.8) is 0 Å². The lowest BCUT2D eigenvalue weighted by Crippen LogP contribution is -2.45. The predicted octanol–water partition coefficient (Wildman–Crippen LogP) is 3.44. The van der Waals surface area contributed by atoms with E-state index in [0.717, 1.165) is 24.9 Å². The van der Waals surface area contributed by atoms with Gasteiger partial charge in [0.15, 0.2) is 0 Å². The Labute approximate surface area is 120 Å². The lowest BCUT2D eigenvalue weighted by molar-refractivity contribution is -0.0333. The second kappa shape index (κ2) is 6.55. The summed E-state index contributed by atoms with van der Waals surface area (Å²) in [6.45, 7) is 8.24. The van der Waals surface area contributed by atoms with Gasteiger partial charge in [0, 0.05) is 30.7 Å². The van der Waals surface area contributed by atoms with Crippen LogP contribution in [-0.2, 0) is 4.74 Å². The largest absolute Gasteiger partial charge is 0.485 e. The second-order valence-electron chi connectivity index (χ2n) is 5.58. The third-order valence-corrected chi connectivity index (χ3v) is 3.60. The Morgan fingerprint density at radius 2 is 2.25 bits per heavy atom. The van der Waals surface area contributed by atoms with Crippen LogP contribution < -0.4 is 10.1 Å². The SMILES string of the molecule is CCCNC1CC(C)(COCC)Oc2cc(F)ccc21. The quantitative estimate of drug-likeness (QED) is 0.866.